The number of likely N-dealkylation sites (N-methyl/N-ethyl adjacent to an activating group) is 2. The van der Waals surface area contributed by atoms with Crippen molar-refractivity contribution in [1.29, 1.82) is 0 Å². The molecule has 0 bridgehead atoms. The number of carbonyl (C=O) groups is 3. The molecule has 3 rings (SSSR count). The third-order valence-corrected chi connectivity index (χ3v) is 7.64. The molecule has 0 radical (unpaired) electrons. The van der Waals surface area contributed by atoms with E-state index < -0.39 is 18.0 Å². The van der Waals surface area contributed by atoms with Crippen molar-refractivity contribution in [2.45, 2.75) is 43.7 Å². The maximum Gasteiger partial charge on any atom is 0.278 e. The van der Waals surface area contributed by atoms with Crippen LogP contribution in [0.1, 0.15) is 20.3 Å². The van der Waals surface area contributed by atoms with E-state index in [-0.39, 0.29) is 40.8 Å². The first-order valence-corrected chi connectivity index (χ1v) is 10.1. The number of thioether (sulfide) groups is 1. The minimum absolute atomic E-state index is 0.0233. The largest absolute Gasteiger partial charge is 0.543 e. The maximum atomic E-state index is 12.4. The summed E-state index contributed by atoms with van der Waals surface area (Å²) in [5.41, 5.74) is -0.0619. The van der Waals surface area contributed by atoms with E-state index in [2.05, 4.69) is 5.32 Å². The Hall–Kier alpha value is -1.58. The van der Waals surface area contributed by atoms with E-state index in [0.717, 1.165) is 6.54 Å². The van der Waals surface area contributed by atoms with Crippen molar-refractivity contribution in [3.63, 3.8) is 0 Å². The van der Waals surface area contributed by atoms with E-state index in [1.54, 1.807) is 14.0 Å². The number of carbonyl (C=O) groups excluding carboxylic acids is 3. The summed E-state index contributed by atoms with van der Waals surface area (Å²) in [6.07, 6.45) is -0.194. The molecule has 0 aromatic carbocycles. The molecule has 0 saturated carbocycles. The number of fused-ring (bicyclic) bond motifs is 1. The lowest BCUT2D eigenvalue weighted by Crippen LogP contribution is -2.64. The van der Waals surface area contributed by atoms with Crippen LogP contribution in [0.5, 0.6) is 0 Å². The fourth-order valence-electron chi connectivity index (χ4n) is 4.79. The Balaban J connectivity index is 1.85. The minimum atomic E-state index is -1.36. The molecule has 9 heteroatoms. The van der Waals surface area contributed by atoms with E-state index in [4.69, 9.17) is 0 Å². The van der Waals surface area contributed by atoms with Gasteiger partial charge in [-0.15, -0.1) is 11.8 Å². The topological polar surface area (TPSA) is 110 Å². The first-order valence-electron chi connectivity index (χ1n) is 9.18. The predicted molar refractivity (Wildman–Crippen MR) is 97.8 cm³/mol. The lowest BCUT2D eigenvalue weighted by atomic mass is 9.79. The molecule has 2 N–H and O–H groups in total. The van der Waals surface area contributed by atoms with E-state index in [0.29, 0.717) is 15.8 Å². The zero-order valence-electron chi connectivity index (χ0n) is 16.3. The summed E-state index contributed by atoms with van der Waals surface area (Å²) in [6, 6.07) is -0.536. The van der Waals surface area contributed by atoms with Gasteiger partial charge in [-0.25, -0.2) is 0 Å². The van der Waals surface area contributed by atoms with Gasteiger partial charge < -0.3 is 29.7 Å². The van der Waals surface area contributed by atoms with Crippen LogP contribution in [0, 0.1) is 11.8 Å². The molecule has 0 aromatic heterocycles. The number of aliphatic hydroxyl groups excluding tert-OH is 1. The van der Waals surface area contributed by atoms with Gasteiger partial charge in [0.05, 0.1) is 55.6 Å². The van der Waals surface area contributed by atoms with Crippen molar-refractivity contribution in [2.75, 3.05) is 27.7 Å². The molecule has 2 saturated heterocycles. The van der Waals surface area contributed by atoms with Crippen molar-refractivity contribution in [1.82, 2.24) is 10.2 Å². The number of hydrogen-bond acceptors (Lipinski definition) is 6. The molecule has 2 fully saturated rings. The van der Waals surface area contributed by atoms with E-state index >= 15 is 0 Å². The number of aliphatic hydroxyl groups is 1. The van der Waals surface area contributed by atoms with Crippen LogP contribution in [-0.2, 0) is 14.4 Å². The number of β-lactam (4-membered cyclic amide) rings is 1. The summed E-state index contributed by atoms with van der Waals surface area (Å²) in [5, 5.41) is 24.5. The van der Waals surface area contributed by atoms with E-state index in [9.17, 15) is 24.6 Å². The number of likely N-dealkylation sites (tertiary alicyclic amines) is 1. The van der Waals surface area contributed by atoms with Gasteiger partial charge in [0.15, 0.2) is 6.04 Å². The smallest absolute Gasteiger partial charge is 0.278 e. The van der Waals surface area contributed by atoms with Gasteiger partial charge in [0.2, 0.25) is 5.91 Å². The summed E-state index contributed by atoms with van der Waals surface area (Å²) >= 11 is 1.44. The van der Waals surface area contributed by atoms with Crippen molar-refractivity contribution in [3.05, 3.63) is 10.6 Å². The SMILES string of the molecule is CNC(=O)[C@@H]1C[C@H](SC2=C(C(=O)[O-])N3C(=O)[C@H]([C@@H](C)O)[C@H]3[C@H]2C)C[N+]1(C)C. The summed E-state index contributed by atoms with van der Waals surface area (Å²) < 4.78 is 0.530. The van der Waals surface area contributed by atoms with Gasteiger partial charge in [-0.1, -0.05) is 6.92 Å². The van der Waals surface area contributed by atoms with Gasteiger partial charge in [-0.2, -0.15) is 0 Å². The number of carboxylic acid groups (broad SMARTS) is 1. The van der Waals surface area contributed by atoms with Crippen LogP contribution in [0.3, 0.4) is 0 Å². The Kier molecular flexibility index (Phi) is 5.07. The Labute approximate surface area is 163 Å². The molecule has 27 heavy (non-hydrogen) atoms. The third-order valence-electron chi connectivity index (χ3n) is 6.15. The lowest BCUT2D eigenvalue weighted by molar-refractivity contribution is -0.892. The fourth-order valence-corrected chi connectivity index (χ4v) is 6.53. The van der Waals surface area contributed by atoms with Crippen LogP contribution < -0.4 is 10.4 Å². The minimum Gasteiger partial charge on any atom is -0.543 e. The molecular weight excluding hydrogens is 370 g/mol. The molecular formula is C18H27N3O5S. The standard InChI is InChI=1S/C18H27N3O5S/c1-8-13-12(9(2)22)17(24)20(13)14(18(25)26)15(8)27-10-6-11(16(23)19-3)21(4,5)7-10/h8-13,22H,6-7H2,1-5H3,(H-,19,23,25,26)/t8-,9-,10+,11+,12-,13-/m1/s1. The number of aliphatic carboxylic acids is 1. The van der Waals surface area contributed by atoms with Crippen molar-refractivity contribution < 1.29 is 29.1 Å². The monoisotopic (exact) mass is 397 g/mol. The number of hydrogen-bond donors (Lipinski definition) is 2. The van der Waals surface area contributed by atoms with Gasteiger partial charge >= 0.3 is 0 Å². The van der Waals surface area contributed by atoms with Gasteiger partial charge in [0.1, 0.15) is 0 Å². The molecule has 3 aliphatic heterocycles. The molecule has 6 atom stereocenters. The number of rotatable bonds is 5. The van der Waals surface area contributed by atoms with Crippen LogP contribution in [0.15, 0.2) is 10.6 Å². The number of amides is 2. The van der Waals surface area contributed by atoms with Crippen LogP contribution in [0.2, 0.25) is 0 Å². The number of nitrogens with zero attached hydrogens (tertiary/aromatic N) is 2. The van der Waals surface area contributed by atoms with Crippen LogP contribution >= 0.6 is 11.8 Å². The van der Waals surface area contributed by atoms with Crippen molar-refractivity contribution >= 4 is 29.5 Å². The van der Waals surface area contributed by atoms with Crippen molar-refractivity contribution in [2.24, 2.45) is 11.8 Å². The first kappa shape index (κ1) is 20.2. The molecule has 150 valence electrons. The molecule has 8 nitrogen and oxygen atoms in total. The molecule has 0 spiro atoms. The molecule has 3 heterocycles. The normalized spacial score (nSPS) is 35.7. The molecule has 3 aliphatic rings. The predicted octanol–water partition coefficient (Wildman–Crippen LogP) is -1.50. The van der Waals surface area contributed by atoms with Gasteiger partial charge in [-0.3, -0.25) is 9.59 Å². The molecule has 0 aromatic rings. The summed E-state index contributed by atoms with van der Waals surface area (Å²) in [6.45, 7) is 4.17. The van der Waals surface area contributed by atoms with Crippen molar-refractivity contribution in [3.8, 4) is 0 Å². The Morgan fingerprint density at radius 3 is 2.56 bits per heavy atom. The summed E-state index contributed by atoms with van der Waals surface area (Å²) in [7, 11) is 5.60. The second-order valence-corrected chi connectivity index (χ2v) is 9.66. The van der Waals surface area contributed by atoms with E-state index in [1.165, 1.54) is 16.7 Å². The zero-order chi connectivity index (χ0) is 20.3. The highest BCUT2D eigenvalue weighted by Crippen LogP contribution is 2.52. The second-order valence-electron chi connectivity index (χ2n) is 8.32. The highest BCUT2D eigenvalue weighted by molar-refractivity contribution is 8.03. The van der Waals surface area contributed by atoms with Crippen LogP contribution in [-0.4, -0.2) is 83.4 Å². The zero-order valence-corrected chi connectivity index (χ0v) is 17.1. The first-order chi connectivity index (χ1) is 12.5. The van der Waals surface area contributed by atoms with Crippen LogP contribution in [0.4, 0.5) is 0 Å². The second kappa shape index (κ2) is 6.79. The summed E-state index contributed by atoms with van der Waals surface area (Å²) in [5.74, 6) is -2.51. The highest BCUT2D eigenvalue weighted by Gasteiger charge is 2.59. The third kappa shape index (κ3) is 3.05. The molecule has 0 aliphatic carbocycles. The van der Waals surface area contributed by atoms with Crippen LogP contribution in [0.25, 0.3) is 0 Å². The molecule has 0 unspecified atom stereocenters. The maximum absolute atomic E-state index is 12.4. The quantitative estimate of drug-likeness (QED) is 0.432. The lowest BCUT2D eigenvalue weighted by Gasteiger charge is -2.47. The fraction of sp³-hybridized carbons (Fsp3) is 0.722. The highest BCUT2D eigenvalue weighted by atomic mass is 32.2. The number of carboxylic acids is 1. The Morgan fingerprint density at radius 2 is 2.04 bits per heavy atom. The average Bonchev–Trinajstić information content (AvgIpc) is 2.99. The van der Waals surface area contributed by atoms with Gasteiger partial charge in [-0.05, 0) is 6.92 Å². The number of quaternary nitrogens is 1. The van der Waals surface area contributed by atoms with Gasteiger partial charge in [0.25, 0.3) is 5.91 Å². The Bertz CT molecular complexity index is 720. The Morgan fingerprint density at radius 1 is 1.41 bits per heavy atom. The number of nitrogens with one attached hydrogen (secondary N) is 1. The summed E-state index contributed by atoms with van der Waals surface area (Å²) in [4.78, 5) is 38.3. The molecule has 2 amide bonds. The average molecular weight is 397 g/mol. The van der Waals surface area contributed by atoms with E-state index in [1.807, 2.05) is 21.0 Å². The van der Waals surface area contributed by atoms with Gasteiger partial charge in [0, 0.05) is 24.3 Å².